The number of anilines is 3. The molecule has 2 aromatic heterocycles. The van der Waals surface area contributed by atoms with E-state index in [1.807, 2.05) is 18.2 Å². The molecule has 3 aliphatic heterocycles. The standard InChI is InChI=1S/C33H31F2N5O4/c1-42-21-8-6-19(29(12-21)43-2)15-40-18-28-32(33(40)41)27(13-26(37-28)31-24(34)4-3-5-25(31)35)38-30-11-7-20(14-36-30)39-16-22-9-10-23(17-39)44-22/h3-8,11-14,22-23H,9-10,15-18H2,1-2H3,(H,36,37,38)/t22-,23+. The Hall–Kier alpha value is -4.77. The number of methoxy groups -OCH3 is 2. The molecule has 9 nitrogen and oxygen atoms in total. The Labute approximate surface area is 253 Å². The third-order valence-electron chi connectivity index (χ3n) is 8.43. The number of hydrogen-bond acceptors (Lipinski definition) is 8. The van der Waals surface area contributed by atoms with Crippen LogP contribution in [0.4, 0.5) is 26.0 Å². The van der Waals surface area contributed by atoms with Gasteiger partial charge in [0.15, 0.2) is 0 Å². The minimum Gasteiger partial charge on any atom is -0.497 e. The van der Waals surface area contributed by atoms with Crippen LogP contribution in [-0.2, 0) is 17.8 Å². The number of pyridine rings is 2. The number of aromatic nitrogens is 2. The van der Waals surface area contributed by atoms with E-state index in [1.54, 1.807) is 37.4 Å². The van der Waals surface area contributed by atoms with Gasteiger partial charge >= 0.3 is 0 Å². The van der Waals surface area contributed by atoms with Crippen LogP contribution in [0.15, 0.2) is 60.8 Å². The van der Waals surface area contributed by atoms with Gasteiger partial charge < -0.3 is 29.3 Å². The van der Waals surface area contributed by atoms with Gasteiger partial charge in [-0.2, -0.15) is 0 Å². The van der Waals surface area contributed by atoms with Gasteiger partial charge in [0, 0.05) is 24.7 Å². The molecule has 2 bridgehead atoms. The maximum atomic E-state index is 14.9. The topological polar surface area (TPSA) is 89.0 Å². The lowest BCUT2D eigenvalue weighted by molar-refractivity contribution is 0.0305. The van der Waals surface area contributed by atoms with Gasteiger partial charge in [-0.05, 0) is 55.3 Å². The third kappa shape index (κ3) is 5.17. The van der Waals surface area contributed by atoms with Gasteiger partial charge in [0.2, 0.25) is 0 Å². The van der Waals surface area contributed by atoms with E-state index in [2.05, 4.69) is 20.2 Å². The second-order valence-corrected chi connectivity index (χ2v) is 11.2. The number of nitrogens with zero attached hydrogens (tertiary/aromatic N) is 4. The number of fused-ring (bicyclic) bond motifs is 3. The summed E-state index contributed by atoms with van der Waals surface area (Å²) in [7, 11) is 3.12. The molecule has 2 atom stereocenters. The highest BCUT2D eigenvalue weighted by Gasteiger charge is 2.35. The highest BCUT2D eigenvalue weighted by Crippen LogP contribution is 2.37. The Balaban J connectivity index is 1.21. The van der Waals surface area contributed by atoms with E-state index in [0.29, 0.717) is 34.3 Å². The van der Waals surface area contributed by atoms with Crippen LogP contribution in [0.5, 0.6) is 11.5 Å². The molecule has 1 amide bonds. The minimum atomic E-state index is -0.741. The summed E-state index contributed by atoms with van der Waals surface area (Å²) < 4.78 is 46.6. The fraction of sp³-hybridized carbons (Fsp3) is 0.303. The van der Waals surface area contributed by atoms with Gasteiger partial charge in [-0.1, -0.05) is 6.07 Å². The predicted molar refractivity (Wildman–Crippen MR) is 160 cm³/mol. The van der Waals surface area contributed by atoms with Crippen molar-refractivity contribution >= 4 is 23.1 Å². The van der Waals surface area contributed by atoms with Crippen LogP contribution >= 0.6 is 0 Å². The van der Waals surface area contributed by atoms with Gasteiger partial charge in [-0.15, -0.1) is 0 Å². The molecule has 2 fully saturated rings. The first-order valence-corrected chi connectivity index (χ1v) is 14.5. The fourth-order valence-electron chi connectivity index (χ4n) is 6.26. The van der Waals surface area contributed by atoms with Crippen LogP contribution in [0.25, 0.3) is 11.3 Å². The van der Waals surface area contributed by atoms with Crippen molar-refractivity contribution in [2.24, 2.45) is 0 Å². The number of rotatable bonds is 8. The smallest absolute Gasteiger partial charge is 0.258 e. The molecule has 11 heteroatoms. The van der Waals surface area contributed by atoms with Gasteiger partial charge in [0.05, 0.1) is 79.6 Å². The molecule has 7 rings (SSSR count). The van der Waals surface area contributed by atoms with Crippen molar-refractivity contribution in [1.29, 1.82) is 0 Å². The number of morpholine rings is 1. The average Bonchev–Trinajstić information content (AvgIpc) is 3.54. The van der Waals surface area contributed by atoms with Crippen LogP contribution < -0.4 is 19.7 Å². The van der Waals surface area contributed by atoms with E-state index in [0.717, 1.165) is 37.2 Å². The summed E-state index contributed by atoms with van der Waals surface area (Å²) in [5.41, 5.74) is 2.69. The summed E-state index contributed by atoms with van der Waals surface area (Å²) in [6.45, 7) is 2.03. The normalized spacial score (nSPS) is 18.9. The second-order valence-electron chi connectivity index (χ2n) is 11.2. The van der Waals surface area contributed by atoms with Crippen LogP contribution in [0, 0.1) is 11.6 Å². The number of carbonyl (C=O) groups is 1. The molecule has 0 spiro atoms. The molecular formula is C33H31F2N5O4. The Morgan fingerprint density at radius 1 is 0.977 bits per heavy atom. The second kappa shape index (κ2) is 11.4. The summed E-state index contributed by atoms with van der Waals surface area (Å²) in [5.74, 6) is -0.0591. The lowest BCUT2D eigenvalue weighted by Gasteiger charge is -2.33. The molecule has 4 aromatic rings. The molecule has 5 heterocycles. The van der Waals surface area contributed by atoms with Crippen molar-refractivity contribution in [3.8, 4) is 22.8 Å². The van der Waals surface area contributed by atoms with Gasteiger partial charge in [0.25, 0.3) is 5.91 Å². The van der Waals surface area contributed by atoms with Crippen molar-refractivity contribution in [3.05, 3.63) is 89.2 Å². The Kier molecular flexibility index (Phi) is 7.25. The van der Waals surface area contributed by atoms with Gasteiger partial charge in [0.1, 0.15) is 29.0 Å². The monoisotopic (exact) mass is 599 g/mol. The highest BCUT2D eigenvalue weighted by atomic mass is 19.1. The number of hydrogen-bond donors (Lipinski definition) is 1. The van der Waals surface area contributed by atoms with Crippen molar-refractivity contribution in [3.63, 3.8) is 0 Å². The largest absolute Gasteiger partial charge is 0.497 e. The molecular weight excluding hydrogens is 568 g/mol. The van der Waals surface area contributed by atoms with Crippen molar-refractivity contribution in [1.82, 2.24) is 14.9 Å². The van der Waals surface area contributed by atoms with Gasteiger partial charge in [-0.3, -0.25) is 4.79 Å². The lowest BCUT2D eigenvalue weighted by Crippen LogP contribution is -2.42. The quantitative estimate of drug-likeness (QED) is 0.276. The first kappa shape index (κ1) is 28.0. The number of ether oxygens (including phenoxy) is 3. The molecule has 0 unspecified atom stereocenters. The predicted octanol–water partition coefficient (Wildman–Crippen LogP) is 5.71. The number of nitrogens with one attached hydrogen (secondary N) is 1. The molecule has 3 aliphatic rings. The molecule has 0 saturated carbocycles. The zero-order valence-corrected chi connectivity index (χ0v) is 24.3. The van der Waals surface area contributed by atoms with E-state index in [-0.39, 0.29) is 42.5 Å². The van der Waals surface area contributed by atoms with E-state index < -0.39 is 11.6 Å². The number of halogens is 2. The molecule has 44 heavy (non-hydrogen) atoms. The summed E-state index contributed by atoms with van der Waals surface area (Å²) >= 11 is 0. The molecule has 2 saturated heterocycles. The molecule has 226 valence electrons. The number of carbonyl (C=O) groups excluding carboxylic acids is 1. The summed E-state index contributed by atoms with van der Waals surface area (Å²) in [6.07, 6.45) is 4.42. The zero-order valence-electron chi connectivity index (χ0n) is 24.3. The SMILES string of the molecule is COc1ccc(CN2Cc3nc(-c4c(F)cccc4F)cc(Nc4ccc(N5C[C@H]6CC[C@@H](C5)O6)cn4)c3C2=O)c(OC)c1. The molecule has 0 radical (unpaired) electrons. The minimum absolute atomic E-state index is 0.0824. The average molecular weight is 600 g/mol. The van der Waals surface area contributed by atoms with Crippen molar-refractivity contribution in [2.75, 3.05) is 37.5 Å². The fourth-order valence-corrected chi connectivity index (χ4v) is 6.26. The van der Waals surface area contributed by atoms with Gasteiger partial charge in [-0.25, -0.2) is 18.7 Å². The molecule has 2 aromatic carbocycles. The maximum absolute atomic E-state index is 14.9. The Bertz CT molecular complexity index is 1700. The van der Waals surface area contributed by atoms with E-state index >= 15 is 0 Å². The maximum Gasteiger partial charge on any atom is 0.258 e. The number of benzene rings is 2. The Morgan fingerprint density at radius 3 is 2.43 bits per heavy atom. The van der Waals surface area contributed by atoms with E-state index in [1.165, 1.54) is 24.3 Å². The molecule has 1 N–H and O–H groups in total. The van der Waals surface area contributed by atoms with Crippen LogP contribution in [0.1, 0.15) is 34.5 Å². The zero-order chi connectivity index (χ0) is 30.4. The first-order chi connectivity index (χ1) is 21.4. The number of amides is 1. The third-order valence-corrected chi connectivity index (χ3v) is 8.43. The summed E-state index contributed by atoms with van der Waals surface area (Å²) in [4.78, 5) is 26.9. The van der Waals surface area contributed by atoms with Crippen molar-refractivity contribution < 1.29 is 27.8 Å². The van der Waals surface area contributed by atoms with E-state index in [4.69, 9.17) is 14.2 Å². The van der Waals surface area contributed by atoms with Crippen LogP contribution in [0.2, 0.25) is 0 Å². The van der Waals surface area contributed by atoms with Crippen LogP contribution in [-0.4, -0.2) is 60.3 Å². The molecule has 0 aliphatic carbocycles. The van der Waals surface area contributed by atoms with Crippen LogP contribution in [0.3, 0.4) is 0 Å². The van der Waals surface area contributed by atoms with E-state index in [9.17, 15) is 13.6 Å². The lowest BCUT2D eigenvalue weighted by atomic mass is 10.1. The summed E-state index contributed by atoms with van der Waals surface area (Å²) in [5, 5.41) is 3.24. The highest BCUT2D eigenvalue weighted by molar-refractivity contribution is 6.04. The summed E-state index contributed by atoms with van der Waals surface area (Å²) in [6, 6.07) is 14.4. The van der Waals surface area contributed by atoms with Crippen molar-refractivity contribution in [2.45, 2.75) is 38.1 Å². The Morgan fingerprint density at radius 2 is 1.75 bits per heavy atom. The first-order valence-electron chi connectivity index (χ1n) is 14.5.